The van der Waals surface area contributed by atoms with E-state index in [1.54, 1.807) is 41.0 Å². The van der Waals surface area contributed by atoms with Crippen LogP contribution >= 0.6 is 0 Å². The number of aryl methyl sites for hydroxylation is 1. The van der Waals surface area contributed by atoms with Crippen LogP contribution in [0.2, 0.25) is 0 Å². The van der Waals surface area contributed by atoms with Crippen molar-refractivity contribution in [2.24, 2.45) is 7.05 Å². The number of urea groups is 1. The molecule has 0 atom stereocenters. The fourth-order valence-electron chi connectivity index (χ4n) is 3.96. The highest BCUT2D eigenvalue weighted by Crippen LogP contribution is 2.28. The largest absolute Gasteiger partial charge is 0.395 e. The summed E-state index contributed by atoms with van der Waals surface area (Å²) in [5, 5.41) is 16.4. The number of anilines is 2. The molecule has 3 N–H and O–H groups in total. The summed E-state index contributed by atoms with van der Waals surface area (Å²) >= 11 is 0. The van der Waals surface area contributed by atoms with Crippen molar-refractivity contribution in [3.63, 3.8) is 0 Å². The number of benzene rings is 2. The Hall–Kier alpha value is -4.18. The summed E-state index contributed by atoms with van der Waals surface area (Å²) in [5.41, 5.74) is 3.47. The number of aliphatic hydroxyl groups is 1. The number of carbonyl (C=O) groups excluding carboxylic acids is 2. The zero-order chi connectivity index (χ0) is 22.9. The van der Waals surface area contributed by atoms with Crippen molar-refractivity contribution >= 4 is 34.5 Å². The predicted molar refractivity (Wildman–Crippen MR) is 124 cm³/mol. The Balaban J connectivity index is 1.39. The van der Waals surface area contributed by atoms with E-state index >= 15 is 0 Å². The molecule has 5 rings (SSSR count). The second-order valence-electron chi connectivity index (χ2n) is 7.82. The normalized spacial score (nSPS) is 13.8. The van der Waals surface area contributed by atoms with E-state index in [4.69, 9.17) is 5.11 Å². The Morgan fingerprint density at radius 3 is 2.85 bits per heavy atom. The van der Waals surface area contributed by atoms with Crippen LogP contribution in [0.25, 0.3) is 22.4 Å². The lowest BCUT2D eigenvalue weighted by molar-refractivity contribution is 0.102. The third-order valence-corrected chi connectivity index (χ3v) is 5.57. The maximum atomic E-state index is 13.1. The Bertz CT molecular complexity index is 1310. The van der Waals surface area contributed by atoms with Crippen LogP contribution in [-0.4, -0.2) is 67.9 Å². The highest BCUT2D eigenvalue weighted by atomic mass is 16.3. The summed E-state index contributed by atoms with van der Waals surface area (Å²) < 4.78 is 1.55. The van der Waals surface area contributed by atoms with E-state index in [-0.39, 0.29) is 25.1 Å². The van der Waals surface area contributed by atoms with Gasteiger partial charge < -0.3 is 20.3 Å². The van der Waals surface area contributed by atoms with Crippen molar-refractivity contribution in [3.8, 4) is 11.4 Å². The molecule has 1 saturated heterocycles. The first-order chi connectivity index (χ1) is 16.0. The molecular weight excluding hydrogens is 422 g/mol. The second kappa shape index (κ2) is 8.40. The lowest BCUT2D eigenvalue weighted by atomic mass is 10.1. The Morgan fingerprint density at radius 1 is 1.18 bits per heavy atom. The van der Waals surface area contributed by atoms with Crippen LogP contribution in [0.1, 0.15) is 10.4 Å². The Morgan fingerprint density at radius 2 is 2.03 bits per heavy atom. The summed E-state index contributed by atoms with van der Waals surface area (Å²) in [6.45, 7) is 1.08. The van der Waals surface area contributed by atoms with E-state index < -0.39 is 0 Å². The Kier molecular flexibility index (Phi) is 5.27. The first-order valence-electron chi connectivity index (χ1n) is 10.6. The minimum Gasteiger partial charge on any atom is -0.395 e. The number of aromatic amines is 1. The van der Waals surface area contributed by atoms with Crippen LogP contribution in [0.4, 0.5) is 16.3 Å². The number of fused-ring (bicyclic) bond motifs is 1. The molecule has 33 heavy (non-hydrogen) atoms. The first kappa shape index (κ1) is 20.7. The van der Waals surface area contributed by atoms with E-state index in [2.05, 4.69) is 20.4 Å². The summed E-state index contributed by atoms with van der Waals surface area (Å²) in [6, 6.07) is 14.7. The van der Waals surface area contributed by atoms with Crippen LogP contribution in [0.15, 0.2) is 54.7 Å². The number of β-amino-alcohol motifs (C(OH)–C–C–N with tert-alkyl or cyclic N) is 1. The molecule has 10 nitrogen and oxygen atoms in total. The molecule has 0 bridgehead atoms. The maximum absolute atomic E-state index is 13.1. The summed E-state index contributed by atoms with van der Waals surface area (Å²) in [4.78, 5) is 36.7. The van der Waals surface area contributed by atoms with Gasteiger partial charge in [0, 0.05) is 37.8 Å². The summed E-state index contributed by atoms with van der Waals surface area (Å²) in [7, 11) is 1.73. The third-order valence-electron chi connectivity index (χ3n) is 5.57. The number of aromatic nitrogens is 4. The molecular formula is C23H23N7O3. The first-order valence-corrected chi connectivity index (χ1v) is 10.6. The molecule has 4 aromatic rings. The van der Waals surface area contributed by atoms with Crippen molar-refractivity contribution < 1.29 is 14.7 Å². The van der Waals surface area contributed by atoms with Gasteiger partial charge in [0.25, 0.3) is 5.91 Å². The second-order valence-corrected chi connectivity index (χ2v) is 7.82. The highest BCUT2D eigenvalue weighted by molar-refractivity contribution is 6.07. The van der Waals surface area contributed by atoms with Crippen molar-refractivity contribution in [3.05, 3.63) is 60.3 Å². The number of hydrogen-bond acceptors (Lipinski definition) is 5. The lowest BCUT2D eigenvalue weighted by Gasteiger charge is -2.17. The highest BCUT2D eigenvalue weighted by Gasteiger charge is 2.32. The molecule has 1 aliphatic rings. The smallest absolute Gasteiger partial charge is 0.325 e. The van der Waals surface area contributed by atoms with Gasteiger partial charge in [-0.1, -0.05) is 24.3 Å². The van der Waals surface area contributed by atoms with Gasteiger partial charge in [0.2, 0.25) is 0 Å². The SMILES string of the molecule is Cn1cc(NC(=O)c2cccc(-c3nc4ccccc4[nH]3)c2)c(N2CCN(CCO)C2=O)n1. The van der Waals surface area contributed by atoms with Gasteiger partial charge in [0.05, 0.1) is 23.8 Å². The number of hydrogen-bond donors (Lipinski definition) is 3. The van der Waals surface area contributed by atoms with Crippen LogP contribution in [0, 0.1) is 0 Å². The molecule has 1 aliphatic heterocycles. The fourth-order valence-corrected chi connectivity index (χ4v) is 3.96. The molecule has 2 aromatic carbocycles. The number of para-hydroxylation sites is 2. The minimum absolute atomic E-state index is 0.104. The van der Waals surface area contributed by atoms with E-state index in [9.17, 15) is 9.59 Å². The molecule has 168 valence electrons. The monoisotopic (exact) mass is 445 g/mol. The molecule has 3 amide bonds. The quantitative estimate of drug-likeness (QED) is 0.421. The zero-order valence-electron chi connectivity index (χ0n) is 18.0. The van der Waals surface area contributed by atoms with Crippen LogP contribution < -0.4 is 10.2 Å². The number of imidazole rings is 1. The topological polar surface area (TPSA) is 119 Å². The molecule has 10 heteroatoms. The molecule has 0 spiro atoms. The molecule has 3 heterocycles. The van der Waals surface area contributed by atoms with Gasteiger partial charge >= 0.3 is 6.03 Å². The number of nitrogens with one attached hydrogen (secondary N) is 2. The van der Waals surface area contributed by atoms with Crippen LogP contribution in [0.3, 0.4) is 0 Å². The standard InChI is InChI=1S/C23H23N7O3/c1-28-14-19(21(27-28)30-10-9-29(11-12-31)23(30)33)26-22(32)16-6-4-5-15(13-16)20-24-17-7-2-3-8-18(17)25-20/h2-8,13-14,31H,9-12H2,1H3,(H,24,25)(H,26,32). The van der Waals surface area contributed by atoms with E-state index in [1.165, 1.54) is 4.90 Å². The molecule has 0 radical (unpaired) electrons. The molecule has 0 unspecified atom stereocenters. The molecule has 0 saturated carbocycles. The number of amides is 3. The third kappa shape index (κ3) is 3.92. The van der Waals surface area contributed by atoms with Gasteiger partial charge in [-0.3, -0.25) is 14.4 Å². The molecule has 1 fully saturated rings. The van der Waals surface area contributed by atoms with Gasteiger partial charge in [-0.25, -0.2) is 9.78 Å². The lowest BCUT2D eigenvalue weighted by Crippen LogP contribution is -2.34. The van der Waals surface area contributed by atoms with Gasteiger partial charge in [-0.05, 0) is 24.3 Å². The summed E-state index contributed by atoms with van der Waals surface area (Å²) in [6.07, 6.45) is 1.66. The van der Waals surface area contributed by atoms with E-state index in [0.29, 0.717) is 36.0 Å². The van der Waals surface area contributed by atoms with Crippen molar-refractivity contribution in [1.82, 2.24) is 24.6 Å². The van der Waals surface area contributed by atoms with Crippen LogP contribution in [-0.2, 0) is 7.05 Å². The van der Waals surface area contributed by atoms with Crippen molar-refractivity contribution in [2.45, 2.75) is 0 Å². The maximum Gasteiger partial charge on any atom is 0.325 e. The Labute approximate surface area is 189 Å². The van der Waals surface area contributed by atoms with Crippen molar-refractivity contribution in [2.75, 3.05) is 36.5 Å². The van der Waals surface area contributed by atoms with E-state index in [0.717, 1.165) is 16.6 Å². The number of carbonyl (C=O) groups is 2. The number of nitrogens with zero attached hydrogens (tertiary/aromatic N) is 5. The molecule has 2 aromatic heterocycles. The van der Waals surface area contributed by atoms with E-state index in [1.807, 2.05) is 30.3 Å². The van der Waals surface area contributed by atoms with Crippen molar-refractivity contribution in [1.29, 1.82) is 0 Å². The molecule has 0 aliphatic carbocycles. The average molecular weight is 445 g/mol. The zero-order valence-corrected chi connectivity index (χ0v) is 18.0. The van der Waals surface area contributed by atoms with Gasteiger partial charge in [-0.2, -0.15) is 5.10 Å². The number of H-pyrrole nitrogens is 1. The van der Waals surface area contributed by atoms with Gasteiger partial charge in [0.1, 0.15) is 11.5 Å². The van der Waals surface area contributed by atoms with Gasteiger partial charge in [-0.15, -0.1) is 0 Å². The average Bonchev–Trinajstić information content (AvgIpc) is 3.51. The van der Waals surface area contributed by atoms with Gasteiger partial charge in [0.15, 0.2) is 5.82 Å². The summed E-state index contributed by atoms with van der Waals surface area (Å²) in [5.74, 6) is 0.741. The predicted octanol–water partition coefficient (Wildman–Crippen LogP) is 2.45. The van der Waals surface area contributed by atoms with Crippen LogP contribution in [0.5, 0.6) is 0 Å². The minimum atomic E-state index is -0.318. The number of aliphatic hydroxyl groups excluding tert-OH is 1. The number of rotatable bonds is 6. The fraction of sp³-hybridized carbons (Fsp3) is 0.217.